The molecule has 0 N–H and O–H groups in total. The van der Waals surface area contributed by atoms with Crippen LogP contribution in [0.1, 0.15) is 0 Å². The molecule has 0 spiro atoms. The molecule has 10 rings (SSSR count). The molecule has 0 saturated heterocycles. The van der Waals surface area contributed by atoms with E-state index in [9.17, 15) is 0 Å². The van der Waals surface area contributed by atoms with Gasteiger partial charge in [0.2, 0.25) is 0 Å². The molecule has 52 heavy (non-hydrogen) atoms. The molecule has 0 aliphatic heterocycles. The summed E-state index contributed by atoms with van der Waals surface area (Å²) in [7, 11) is 0. The summed E-state index contributed by atoms with van der Waals surface area (Å²) in [6.45, 7) is 0. The summed E-state index contributed by atoms with van der Waals surface area (Å²) < 4.78 is 6.67. The average molecular weight is 664 g/mol. The summed E-state index contributed by atoms with van der Waals surface area (Å²) >= 11 is 0. The summed E-state index contributed by atoms with van der Waals surface area (Å²) in [5.41, 5.74) is 12.0. The lowest BCUT2D eigenvalue weighted by Gasteiger charge is -2.28. The fourth-order valence-electron chi connectivity index (χ4n) is 7.82. The van der Waals surface area contributed by atoms with Gasteiger partial charge in [-0.25, -0.2) is 0 Å². The second kappa shape index (κ2) is 12.5. The van der Waals surface area contributed by atoms with E-state index < -0.39 is 0 Å². The first-order chi connectivity index (χ1) is 25.8. The van der Waals surface area contributed by atoms with E-state index in [1.165, 1.54) is 32.7 Å². The third kappa shape index (κ3) is 5.04. The van der Waals surface area contributed by atoms with Crippen molar-refractivity contribution in [2.45, 2.75) is 0 Å². The van der Waals surface area contributed by atoms with Crippen molar-refractivity contribution in [2.24, 2.45) is 0 Å². The lowest BCUT2D eigenvalue weighted by Crippen LogP contribution is -2.11. The standard InChI is InChI=1S/C50H33NO/c1-3-14-35(15-4-1)45-33-38(49-43-22-10-8-17-37(43)32-46-44-23-11-12-25-48(44)52-50(46)49)28-31-47(45)51(39-19-5-2-6-20-39)40-29-26-36(27-30-40)42-24-13-18-34-16-7-9-21-41(34)42/h1-33H. The first-order valence-corrected chi connectivity index (χ1v) is 17.8. The third-order valence-electron chi connectivity index (χ3n) is 10.2. The fourth-order valence-corrected chi connectivity index (χ4v) is 7.82. The molecule has 0 aliphatic rings. The van der Waals surface area contributed by atoms with Gasteiger partial charge >= 0.3 is 0 Å². The predicted molar refractivity (Wildman–Crippen MR) is 220 cm³/mol. The molecular weight excluding hydrogens is 631 g/mol. The van der Waals surface area contributed by atoms with Gasteiger partial charge in [0.25, 0.3) is 0 Å². The Morgan fingerprint density at radius 2 is 0.942 bits per heavy atom. The molecular formula is C50H33NO. The van der Waals surface area contributed by atoms with Gasteiger partial charge in [0.05, 0.1) is 5.69 Å². The molecule has 0 fully saturated rings. The van der Waals surface area contributed by atoms with Crippen molar-refractivity contribution in [1.82, 2.24) is 0 Å². The Hall–Kier alpha value is -6.90. The van der Waals surface area contributed by atoms with Crippen LogP contribution in [0.2, 0.25) is 0 Å². The molecule has 0 unspecified atom stereocenters. The summed E-state index contributed by atoms with van der Waals surface area (Å²) in [5.74, 6) is 0. The van der Waals surface area contributed by atoms with Crippen molar-refractivity contribution >= 4 is 60.5 Å². The van der Waals surface area contributed by atoms with E-state index in [0.29, 0.717) is 0 Å². The largest absolute Gasteiger partial charge is 0.455 e. The fraction of sp³-hybridized carbons (Fsp3) is 0. The molecule has 0 bridgehead atoms. The molecule has 244 valence electrons. The van der Waals surface area contributed by atoms with Crippen molar-refractivity contribution in [3.05, 3.63) is 200 Å². The van der Waals surface area contributed by atoms with Crippen LogP contribution in [0.5, 0.6) is 0 Å². The first kappa shape index (κ1) is 30.0. The van der Waals surface area contributed by atoms with Crippen LogP contribution in [0.4, 0.5) is 17.1 Å². The first-order valence-electron chi connectivity index (χ1n) is 17.8. The highest BCUT2D eigenvalue weighted by Gasteiger charge is 2.21. The number of hydrogen-bond donors (Lipinski definition) is 0. The maximum Gasteiger partial charge on any atom is 0.143 e. The Kier molecular flexibility index (Phi) is 7.18. The lowest BCUT2D eigenvalue weighted by atomic mass is 9.92. The minimum atomic E-state index is 0.899. The molecule has 1 heterocycles. The second-order valence-corrected chi connectivity index (χ2v) is 13.3. The summed E-state index contributed by atoms with van der Waals surface area (Å²) in [6, 6.07) is 71.6. The van der Waals surface area contributed by atoms with Gasteiger partial charge in [-0.2, -0.15) is 0 Å². The van der Waals surface area contributed by atoms with Gasteiger partial charge in [-0.15, -0.1) is 0 Å². The van der Waals surface area contributed by atoms with Crippen LogP contribution in [-0.4, -0.2) is 0 Å². The molecule has 9 aromatic carbocycles. The van der Waals surface area contributed by atoms with E-state index in [1.807, 2.05) is 6.07 Å². The van der Waals surface area contributed by atoms with Gasteiger partial charge in [0, 0.05) is 33.3 Å². The summed E-state index contributed by atoms with van der Waals surface area (Å²) in [4.78, 5) is 2.37. The van der Waals surface area contributed by atoms with Crippen LogP contribution < -0.4 is 4.90 Å². The van der Waals surface area contributed by atoms with E-state index in [4.69, 9.17) is 4.42 Å². The maximum atomic E-state index is 6.67. The lowest BCUT2D eigenvalue weighted by molar-refractivity contribution is 0.670. The van der Waals surface area contributed by atoms with Crippen LogP contribution in [-0.2, 0) is 0 Å². The van der Waals surface area contributed by atoms with Gasteiger partial charge < -0.3 is 9.32 Å². The number of para-hydroxylation sites is 2. The molecule has 1 aromatic heterocycles. The van der Waals surface area contributed by atoms with Gasteiger partial charge in [-0.05, 0) is 92.3 Å². The van der Waals surface area contributed by atoms with E-state index >= 15 is 0 Å². The zero-order valence-corrected chi connectivity index (χ0v) is 28.4. The molecule has 2 heteroatoms. The maximum absolute atomic E-state index is 6.67. The monoisotopic (exact) mass is 663 g/mol. The minimum Gasteiger partial charge on any atom is -0.455 e. The topological polar surface area (TPSA) is 16.4 Å². The SMILES string of the molecule is c1ccc(-c2cc(-c3c4ccccc4cc4c3oc3ccccc34)ccc2N(c2ccccc2)c2ccc(-c3cccc4ccccc34)cc2)cc1. The molecule has 2 nitrogen and oxygen atoms in total. The smallest absolute Gasteiger partial charge is 0.143 e. The highest BCUT2D eigenvalue weighted by Crippen LogP contribution is 2.46. The third-order valence-corrected chi connectivity index (χ3v) is 10.2. The molecule has 0 aliphatic carbocycles. The van der Waals surface area contributed by atoms with Crippen LogP contribution in [0.25, 0.3) is 76.9 Å². The summed E-state index contributed by atoms with van der Waals surface area (Å²) in [6.07, 6.45) is 0. The Balaban J connectivity index is 1.19. The molecule has 0 saturated carbocycles. The van der Waals surface area contributed by atoms with Gasteiger partial charge in [0.15, 0.2) is 0 Å². The molecule has 0 atom stereocenters. The number of nitrogens with zero attached hydrogens (tertiary/aromatic N) is 1. The molecule has 0 radical (unpaired) electrons. The minimum absolute atomic E-state index is 0.899. The second-order valence-electron chi connectivity index (χ2n) is 13.3. The normalized spacial score (nSPS) is 11.5. The van der Waals surface area contributed by atoms with Gasteiger partial charge in [0.1, 0.15) is 11.2 Å². The zero-order chi connectivity index (χ0) is 34.4. The Labute approximate surface area is 302 Å². The number of fused-ring (bicyclic) bond motifs is 5. The van der Waals surface area contributed by atoms with Crippen molar-refractivity contribution in [2.75, 3.05) is 4.90 Å². The van der Waals surface area contributed by atoms with Gasteiger partial charge in [-0.1, -0.05) is 152 Å². The molecule has 0 amide bonds. The zero-order valence-electron chi connectivity index (χ0n) is 28.4. The van der Waals surface area contributed by atoms with E-state index in [2.05, 4.69) is 199 Å². The van der Waals surface area contributed by atoms with Crippen LogP contribution in [0.3, 0.4) is 0 Å². The van der Waals surface area contributed by atoms with Crippen molar-refractivity contribution < 1.29 is 4.42 Å². The Morgan fingerprint density at radius 1 is 0.346 bits per heavy atom. The number of hydrogen-bond acceptors (Lipinski definition) is 2. The van der Waals surface area contributed by atoms with E-state index in [0.717, 1.165) is 61.3 Å². The van der Waals surface area contributed by atoms with Crippen LogP contribution in [0.15, 0.2) is 205 Å². The quantitative estimate of drug-likeness (QED) is 0.176. The number of benzene rings is 9. The number of furan rings is 1. The van der Waals surface area contributed by atoms with Crippen molar-refractivity contribution in [3.8, 4) is 33.4 Å². The summed E-state index contributed by atoms with van der Waals surface area (Å²) in [5, 5.41) is 7.13. The van der Waals surface area contributed by atoms with Gasteiger partial charge in [-0.3, -0.25) is 0 Å². The van der Waals surface area contributed by atoms with Crippen LogP contribution in [0, 0.1) is 0 Å². The van der Waals surface area contributed by atoms with Crippen molar-refractivity contribution in [3.63, 3.8) is 0 Å². The Bertz CT molecular complexity index is 2880. The van der Waals surface area contributed by atoms with Crippen LogP contribution >= 0.6 is 0 Å². The predicted octanol–water partition coefficient (Wildman–Crippen LogP) is 14.4. The number of rotatable bonds is 6. The molecule has 10 aromatic rings. The van der Waals surface area contributed by atoms with E-state index in [1.54, 1.807) is 0 Å². The highest BCUT2D eigenvalue weighted by atomic mass is 16.3. The van der Waals surface area contributed by atoms with Crippen molar-refractivity contribution in [1.29, 1.82) is 0 Å². The average Bonchev–Trinajstić information content (AvgIpc) is 3.59. The number of anilines is 3. The van der Waals surface area contributed by atoms with E-state index in [-0.39, 0.29) is 0 Å². The highest BCUT2D eigenvalue weighted by molar-refractivity contribution is 6.18. The Morgan fingerprint density at radius 3 is 1.75 bits per heavy atom.